The maximum absolute atomic E-state index is 12.9. The van der Waals surface area contributed by atoms with E-state index in [9.17, 15) is 14.4 Å². The fraction of sp³-hybridized carbons (Fsp3) is 0.817. The Hall–Kier alpha value is -2.89. The van der Waals surface area contributed by atoms with E-state index in [2.05, 4.69) is 81.5 Å². The highest BCUT2D eigenvalue weighted by atomic mass is 16.6. The summed E-state index contributed by atoms with van der Waals surface area (Å²) in [6, 6.07) is 0. The summed E-state index contributed by atoms with van der Waals surface area (Å²) in [5.74, 6) is -0.855. The molecule has 448 valence electrons. The minimum Gasteiger partial charge on any atom is -0.462 e. The van der Waals surface area contributed by atoms with Gasteiger partial charge >= 0.3 is 17.9 Å². The van der Waals surface area contributed by atoms with Gasteiger partial charge in [0.15, 0.2) is 6.10 Å². The van der Waals surface area contributed by atoms with Gasteiger partial charge in [0.2, 0.25) is 0 Å². The van der Waals surface area contributed by atoms with Crippen molar-refractivity contribution in [3.8, 4) is 0 Å². The summed E-state index contributed by atoms with van der Waals surface area (Å²) in [5, 5.41) is 0. The van der Waals surface area contributed by atoms with Gasteiger partial charge in [-0.2, -0.15) is 0 Å². The zero-order valence-corrected chi connectivity index (χ0v) is 51.5. The van der Waals surface area contributed by atoms with Gasteiger partial charge in [0, 0.05) is 19.3 Å². The Morgan fingerprint density at radius 1 is 0.273 bits per heavy atom. The molecule has 0 rings (SSSR count). The van der Waals surface area contributed by atoms with Crippen LogP contribution < -0.4 is 0 Å². The Kier molecular flexibility index (Phi) is 63.2. The molecule has 0 aromatic heterocycles. The van der Waals surface area contributed by atoms with Crippen molar-refractivity contribution in [3.63, 3.8) is 0 Å². The quantitative estimate of drug-likeness (QED) is 0.0261. The standard InChI is InChI=1S/C71H128O6/c1-4-7-10-13-16-19-22-24-26-28-30-31-32-33-34-35-36-37-38-39-40-41-42-44-45-47-49-52-55-58-61-64-70(73)76-67-68(66-75-69(72)63-60-57-54-51-21-18-15-12-9-6-3)77-71(74)65-62-59-56-53-50-48-46-43-29-27-25-23-20-17-14-11-8-5-2/h7,10,16,19,24,26-27,29-31,68H,4-6,8-9,11-15,17-18,20-23,25,28,32-67H2,1-3H3/b10-7-,19-16-,26-24-,29-27-,31-30-. The van der Waals surface area contributed by atoms with E-state index in [4.69, 9.17) is 14.2 Å². The van der Waals surface area contributed by atoms with Crippen LogP contribution in [0.1, 0.15) is 355 Å². The van der Waals surface area contributed by atoms with E-state index in [1.54, 1.807) is 0 Å². The number of rotatable bonds is 62. The van der Waals surface area contributed by atoms with E-state index in [1.807, 2.05) is 0 Å². The lowest BCUT2D eigenvalue weighted by Gasteiger charge is -2.18. The molecular weight excluding hydrogens is 949 g/mol. The summed E-state index contributed by atoms with van der Waals surface area (Å²) in [4.78, 5) is 38.2. The largest absolute Gasteiger partial charge is 0.462 e. The van der Waals surface area contributed by atoms with Crippen LogP contribution in [0.4, 0.5) is 0 Å². The van der Waals surface area contributed by atoms with Crippen molar-refractivity contribution in [1.82, 2.24) is 0 Å². The molecule has 6 nitrogen and oxygen atoms in total. The number of carbonyl (C=O) groups excluding carboxylic acids is 3. The first-order chi connectivity index (χ1) is 38.0. The molecular formula is C71H128O6. The second-order valence-corrected chi connectivity index (χ2v) is 22.7. The Morgan fingerprint density at radius 3 is 0.805 bits per heavy atom. The zero-order chi connectivity index (χ0) is 55.7. The third kappa shape index (κ3) is 63.8. The number of carbonyl (C=O) groups is 3. The molecule has 0 N–H and O–H groups in total. The molecule has 0 fully saturated rings. The van der Waals surface area contributed by atoms with Crippen LogP contribution >= 0.6 is 0 Å². The lowest BCUT2D eigenvalue weighted by molar-refractivity contribution is -0.167. The normalized spacial score (nSPS) is 12.4. The van der Waals surface area contributed by atoms with Gasteiger partial charge < -0.3 is 14.2 Å². The highest BCUT2D eigenvalue weighted by Crippen LogP contribution is 2.18. The maximum Gasteiger partial charge on any atom is 0.306 e. The molecule has 0 bridgehead atoms. The third-order valence-electron chi connectivity index (χ3n) is 15.0. The molecule has 0 aromatic rings. The molecule has 0 aliphatic heterocycles. The maximum atomic E-state index is 12.9. The van der Waals surface area contributed by atoms with Crippen molar-refractivity contribution < 1.29 is 28.6 Å². The molecule has 1 atom stereocenters. The van der Waals surface area contributed by atoms with Gasteiger partial charge in [-0.15, -0.1) is 0 Å². The predicted molar refractivity (Wildman–Crippen MR) is 335 cm³/mol. The predicted octanol–water partition coefficient (Wildman–Crippen LogP) is 23.1. The summed E-state index contributed by atoms with van der Waals surface area (Å²) in [6.45, 7) is 6.56. The summed E-state index contributed by atoms with van der Waals surface area (Å²) in [5.41, 5.74) is 0. The minimum atomic E-state index is -0.772. The van der Waals surface area contributed by atoms with E-state index < -0.39 is 6.10 Å². The molecule has 0 spiro atoms. The van der Waals surface area contributed by atoms with Gasteiger partial charge in [-0.1, -0.05) is 313 Å². The lowest BCUT2D eigenvalue weighted by atomic mass is 10.0. The number of hydrogen-bond acceptors (Lipinski definition) is 6. The highest BCUT2D eigenvalue weighted by Gasteiger charge is 2.19. The van der Waals surface area contributed by atoms with Crippen LogP contribution in [0.15, 0.2) is 60.8 Å². The lowest BCUT2D eigenvalue weighted by Crippen LogP contribution is -2.30. The summed E-state index contributed by atoms with van der Waals surface area (Å²) >= 11 is 0. The van der Waals surface area contributed by atoms with Crippen LogP contribution in [0.5, 0.6) is 0 Å². The van der Waals surface area contributed by atoms with E-state index in [1.165, 1.54) is 231 Å². The second kappa shape index (κ2) is 65.6. The van der Waals surface area contributed by atoms with Gasteiger partial charge in [0.05, 0.1) is 0 Å². The van der Waals surface area contributed by atoms with Crippen LogP contribution in [0, 0.1) is 0 Å². The molecule has 0 heterocycles. The number of esters is 3. The first-order valence-electron chi connectivity index (χ1n) is 33.8. The van der Waals surface area contributed by atoms with Crippen molar-refractivity contribution >= 4 is 17.9 Å². The van der Waals surface area contributed by atoms with Crippen molar-refractivity contribution in [1.29, 1.82) is 0 Å². The molecule has 0 aromatic carbocycles. The van der Waals surface area contributed by atoms with Crippen molar-refractivity contribution in [2.24, 2.45) is 0 Å². The SMILES string of the molecule is CC/C=C\C/C=C\C/C=C\C/C=C\CCCCCCCCCCCCCCCCCCCCC(=O)OCC(COC(=O)CCCCCCCCCCCC)OC(=O)CCCCCCCCC/C=C\CCCCCCCCC. The molecule has 0 saturated carbocycles. The summed E-state index contributed by atoms with van der Waals surface area (Å²) < 4.78 is 16.9. The average molecular weight is 1080 g/mol. The van der Waals surface area contributed by atoms with Crippen molar-refractivity contribution in [2.75, 3.05) is 13.2 Å². The molecule has 0 radical (unpaired) electrons. The fourth-order valence-electron chi connectivity index (χ4n) is 9.96. The van der Waals surface area contributed by atoms with Crippen LogP contribution in [-0.4, -0.2) is 37.2 Å². The van der Waals surface area contributed by atoms with E-state index in [-0.39, 0.29) is 31.1 Å². The molecule has 77 heavy (non-hydrogen) atoms. The summed E-state index contributed by atoms with van der Waals surface area (Å²) in [6.07, 6.45) is 84.0. The van der Waals surface area contributed by atoms with Crippen molar-refractivity contribution in [3.05, 3.63) is 60.8 Å². The van der Waals surface area contributed by atoms with Crippen LogP contribution in [0.2, 0.25) is 0 Å². The van der Waals surface area contributed by atoms with Crippen LogP contribution in [0.25, 0.3) is 0 Å². The first kappa shape index (κ1) is 74.1. The molecule has 0 aliphatic carbocycles. The summed E-state index contributed by atoms with van der Waals surface area (Å²) in [7, 11) is 0. The first-order valence-corrected chi connectivity index (χ1v) is 33.8. The van der Waals surface area contributed by atoms with Gasteiger partial charge in [-0.3, -0.25) is 14.4 Å². The van der Waals surface area contributed by atoms with Gasteiger partial charge in [-0.05, 0) is 83.5 Å². The van der Waals surface area contributed by atoms with E-state index >= 15 is 0 Å². The Bertz CT molecular complexity index is 1380. The third-order valence-corrected chi connectivity index (χ3v) is 15.0. The Morgan fingerprint density at radius 2 is 0.506 bits per heavy atom. The monoisotopic (exact) mass is 1080 g/mol. The van der Waals surface area contributed by atoms with Crippen LogP contribution in [0.3, 0.4) is 0 Å². The van der Waals surface area contributed by atoms with Crippen molar-refractivity contribution in [2.45, 2.75) is 361 Å². The zero-order valence-electron chi connectivity index (χ0n) is 51.5. The van der Waals surface area contributed by atoms with Gasteiger partial charge in [-0.25, -0.2) is 0 Å². The Labute approximate surface area is 479 Å². The molecule has 0 amide bonds. The van der Waals surface area contributed by atoms with E-state index in [0.717, 1.165) is 83.5 Å². The highest BCUT2D eigenvalue weighted by molar-refractivity contribution is 5.71. The number of unbranched alkanes of at least 4 members (excludes halogenated alkanes) is 41. The molecule has 6 heteroatoms. The Balaban J connectivity index is 4.11. The van der Waals surface area contributed by atoms with Gasteiger partial charge in [0.1, 0.15) is 13.2 Å². The minimum absolute atomic E-state index is 0.0702. The molecule has 0 aliphatic rings. The average Bonchev–Trinajstić information content (AvgIpc) is 3.43. The number of hydrogen-bond donors (Lipinski definition) is 0. The van der Waals surface area contributed by atoms with Gasteiger partial charge in [0.25, 0.3) is 0 Å². The molecule has 0 saturated heterocycles. The van der Waals surface area contributed by atoms with E-state index in [0.29, 0.717) is 19.3 Å². The topological polar surface area (TPSA) is 78.9 Å². The fourth-order valence-corrected chi connectivity index (χ4v) is 9.96. The number of ether oxygens (including phenoxy) is 3. The smallest absolute Gasteiger partial charge is 0.306 e. The number of allylic oxidation sites excluding steroid dienone is 10. The second-order valence-electron chi connectivity index (χ2n) is 22.7. The molecule has 1 unspecified atom stereocenters. The van der Waals surface area contributed by atoms with Crippen LogP contribution in [-0.2, 0) is 28.6 Å².